The first-order chi connectivity index (χ1) is 8.33. The highest BCUT2D eigenvalue weighted by molar-refractivity contribution is 5.44. The Morgan fingerprint density at radius 1 is 1.35 bits per heavy atom. The number of hydrogen-bond donors (Lipinski definition) is 2. The molecule has 0 atom stereocenters. The normalized spacial score (nSPS) is 15.0. The average Bonchev–Trinajstić information content (AvgIpc) is 3.19. The molecule has 0 unspecified atom stereocenters. The smallest absolute Gasteiger partial charge is 0.128 e. The first-order valence-electron chi connectivity index (χ1n) is 6.46. The van der Waals surface area contributed by atoms with Crippen LogP contribution in [0.1, 0.15) is 19.8 Å². The Morgan fingerprint density at radius 3 is 2.76 bits per heavy atom. The maximum atomic E-state index is 4.43. The van der Waals surface area contributed by atoms with Crippen molar-refractivity contribution in [3.8, 4) is 0 Å². The molecule has 0 aliphatic heterocycles. The van der Waals surface area contributed by atoms with Crippen LogP contribution < -0.4 is 10.6 Å². The highest BCUT2D eigenvalue weighted by Crippen LogP contribution is 2.25. The zero-order valence-electron chi connectivity index (χ0n) is 10.7. The fraction of sp³-hybridized carbons (Fsp3) is 0.615. The van der Waals surface area contributed by atoms with Crippen LogP contribution in [0.3, 0.4) is 0 Å². The van der Waals surface area contributed by atoms with Crippen molar-refractivity contribution in [2.45, 2.75) is 25.8 Å². The second-order valence-corrected chi connectivity index (χ2v) is 4.44. The van der Waals surface area contributed by atoms with Gasteiger partial charge in [0, 0.05) is 26.2 Å². The summed E-state index contributed by atoms with van der Waals surface area (Å²) in [5, 5.41) is 6.42. The van der Waals surface area contributed by atoms with Gasteiger partial charge in [-0.25, -0.2) is 4.98 Å². The Bertz CT molecular complexity index is 349. The van der Waals surface area contributed by atoms with Gasteiger partial charge in [-0.15, -0.1) is 0 Å². The molecule has 0 saturated heterocycles. The highest BCUT2D eigenvalue weighted by Gasteiger charge is 2.26. The number of aromatic nitrogens is 1. The third-order valence-corrected chi connectivity index (χ3v) is 3.18. The summed E-state index contributed by atoms with van der Waals surface area (Å²) < 4.78 is 0. The van der Waals surface area contributed by atoms with Crippen LogP contribution in [-0.4, -0.2) is 42.6 Å². The van der Waals surface area contributed by atoms with Gasteiger partial charge in [0.1, 0.15) is 11.6 Å². The lowest BCUT2D eigenvalue weighted by atomic mass is 10.4. The molecular formula is C13H22N4. The Balaban J connectivity index is 1.76. The van der Waals surface area contributed by atoms with Crippen LogP contribution in [0.5, 0.6) is 0 Å². The van der Waals surface area contributed by atoms with Gasteiger partial charge < -0.3 is 10.6 Å². The lowest BCUT2D eigenvalue weighted by Crippen LogP contribution is -2.31. The van der Waals surface area contributed by atoms with Gasteiger partial charge in [0.15, 0.2) is 0 Å². The minimum atomic E-state index is 0.846. The van der Waals surface area contributed by atoms with Gasteiger partial charge in [0.2, 0.25) is 0 Å². The number of nitrogens with one attached hydrogen (secondary N) is 2. The Morgan fingerprint density at radius 2 is 2.12 bits per heavy atom. The summed E-state index contributed by atoms with van der Waals surface area (Å²) in [6, 6.07) is 6.83. The third-order valence-electron chi connectivity index (χ3n) is 3.18. The summed E-state index contributed by atoms with van der Waals surface area (Å²) in [6.45, 7) is 5.45. The van der Waals surface area contributed by atoms with E-state index in [1.807, 2.05) is 25.2 Å². The molecule has 1 aliphatic rings. The first-order valence-corrected chi connectivity index (χ1v) is 6.46. The average molecular weight is 234 g/mol. The SMILES string of the molecule is CCN(CCNc1cccc(NC)n1)C1CC1. The molecule has 1 aromatic heterocycles. The Labute approximate surface area is 103 Å². The molecule has 0 spiro atoms. The number of anilines is 2. The molecule has 2 N–H and O–H groups in total. The zero-order chi connectivity index (χ0) is 12.1. The van der Waals surface area contributed by atoms with E-state index in [1.54, 1.807) is 0 Å². The lowest BCUT2D eigenvalue weighted by Gasteiger charge is -2.19. The first kappa shape index (κ1) is 12.2. The summed E-state index contributed by atoms with van der Waals surface area (Å²) in [7, 11) is 1.89. The molecule has 1 fully saturated rings. The van der Waals surface area contributed by atoms with Crippen molar-refractivity contribution in [1.82, 2.24) is 9.88 Å². The fourth-order valence-corrected chi connectivity index (χ4v) is 2.04. The maximum absolute atomic E-state index is 4.43. The van der Waals surface area contributed by atoms with Crippen molar-refractivity contribution in [1.29, 1.82) is 0 Å². The maximum Gasteiger partial charge on any atom is 0.128 e. The number of rotatable bonds is 7. The molecule has 4 heteroatoms. The Kier molecular flexibility index (Phi) is 4.20. The summed E-state index contributed by atoms with van der Waals surface area (Å²) in [5.41, 5.74) is 0. The van der Waals surface area contributed by atoms with Crippen LogP contribution in [0.25, 0.3) is 0 Å². The van der Waals surface area contributed by atoms with E-state index in [2.05, 4.69) is 27.4 Å². The van der Waals surface area contributed by atoms with Crippen LogP contribution >= 0.6 is 0 Å². The van der Waals surface area contributed by atoms with Gasteiger partial charge in [0.05, 0.1) is 0 Å². The molecule has 0 bridgehead atoms. The van der Waals surface area contributed by atoms with E-state index in [-0.39, 0.29) is 0 Å². The number of likely N-dealkylation sites (N-methyl/N-ethyl adjacent to an activating group) is 1. The number of nitrogens with zero attached hydrogens (tertiary/aromatic N) is 2. The van der Waals surface area contributed by atoms with Crippen molar-refractivity contribution in [3.63, 3.8) is 0 Å². The van der Waals surface area contributed by atoms with Crippen molar-refractivity contribution in [2.75, 3.05) is 37.3 Å². The van der Waals surface area contributed by atoms with Crippen LogP contribution in [0.2, 0.25) is 0 Å². The van der Waals surface area contributed by atoms with E-state index in [0.29, 0.717) is 0 Å². The van der Waals surface area contributed by atoms with Crippen molar-refractivity contribution >= 4 is 11.6 Å². The number of hydrogen-bond acceptors (Lipinski definition) is 4. The number of pyridine rings is 1. The highest BCUT2D eigenvalue weighted by atomic mass is 15.2. The summed E-state index contributed by atoms with van der Waals surface area (Å²) in [5.74, 6) is 1.85. The van der Waals surface area contributed by atoms with E-state index < -0.39 is 0 Å². The molecule has 1 aromatic rings. The molecule has 2 rings (SSSR count). The van der Waals surface area contributed by atoms with Gasteiger partial charge in [-0.2, -0.15) is 0 Å². The molecule has 0 radical (unpaired) electrons. The van der Waals surface area contributed by atoms with Gasteiger partial charge in [-0.3, -0.25) is 4.90 Å². The topological polar surface area (TPSA) is 40.2 Å². The zero-order valence-corrected chi connectivity index (χ0v) is 10.7. The standard InChI is InChI=1S/C13H22N4/c1-3-17(11-7-8-11)10-9-15-13-6-4-5-12(14-2)16-13/h4-6,11H,3,7-10H2,1-2H3,(H2,14,15,16). The quantitative estimate of drug-likeness (QED) is 0.757. The molecule has 94 valence electrons. The van der Waals surface area contributed by atoms with E-state index >= 15 is 0 Å². The van der Waals surface area contributed by atoms with Crippen LogP contribution in [0.15, 0.2) is 18.2 Å². The monoisotopic (exact) mass is 234 g/mol. The molecule has 1 saturated carbocycles. The minimum absolute atomic E-state index is 0.846. The van der Waals surface area contributed by atoms with Crippen molar-refractivity contribution < 1.29 is 0 Å². The molecule has 0 amide bonds. The predicted octanol–water partition coefficient (Wildman–Crippen LogP) is 2.02. The molecule has 17 heavy (non-hydrogen) atoms. The second-order valence-electron chi connectivity index (χ2n) is 4.44. The summed E-state index contributed by atoms with van der Waals surface area (Å²) in [4.78, 5) is 6.97. The Hall–Kier alpha value is -1.29. The summed E-state index contributed by atoms with van der Waals surface area (Å²) >= 11 is 0. The van der Waals surface area contributed by atoms with Crippen molar-refractivity contribution in [3.05, 3.63) is 18.2 Å². The fourth-order valence-electron chi connectivity index (χ4n) is 2.04. The molecule has 0 aromatic carbocycles. The van der Waals surface area contributed by atoms with E-state index in [0.717, 1.165) is 37.3 Å². The minimum Gasteiger partial charge on any atom is -0.373 e. The van der Waals surface area contributed by atoms with Crippen molar-refractivity contribution in [2.24, 2.45) is 0 Å². The van der Waals surface area contributed by atoms with E-state index in [4.69, 9.17) is 0 Å². The summed E-state index contributed by atoms with van der Waals surface area (Å²) in [6.07, 6.45) is 2.75. The van der Waals surface area contributed by atoms with Gasteiger partial charge >= 0.3 is 0 Å². The predicted molar refractivity (Wildman–Crippen MR) is 72.5 cm³/mol. The second kappa shape index (κ2) is 5.87. The van der Waals surface area contributed by atoms with Crippen LogP contribution in [-0.2, 0) is 0 Å². The lowest BCUT2D eigenvalue weighted by molar-refractivity contribution is 0.289. The largest absolute Gasteiger partial charge is 0.373 e. The molecule has 1 heterocycles. The van der Waals surface area contributed by atoms with Gasteiger partial charge in [-0.05, 0) is 31.5 Å². The van der Waals surface area contributed by atoms with Gasteiger partial charge in [-0.1, -0.05) is 13.0 Å². The van der Waals surface area contributed by atoms with Crippen LogP contribution in [0, 0.1) is 0 Å². The van der Waals surface area contributed by atoms with Crippen LogP contribution in [0.4, 0.5) is 11.6 Å². The molecular weight excluding hydrogens is 212 g/mol. The third kappa shape index (κ3) is 3.60. The molecule has 1 aliphatic carbocycles. The van der Waals surface area contributed by atoms with E-state index in [1.165, 1.54) is 12.8 Å². The van der Waals surface area contributed by atoms with E-state index in [9.17, 15) is 0 Å². The van der Waals surface area contributed by atoms with Gasteiger partial charge in [0.25, 0.3) is 0 Å². The molecule has 4 nitrogen and oxygen atoms in total.